The summed E-state index contributed by atoms with van der Waals surface area (Å²) in [6.45, 7) is 3.97. The lowest BCUT2D eigenvalue weighted by atomic mass is 10.2. The Labute approximate surface area is 122 Å². The van der Waals surface area contributed by atoms with Crippen LogP contribution in [0.4, 0.5) is 5.69 Å². The van der Waals surface area contributed by atoms with Crippen molar-refractivity contribution < 1.29 is 14.1 Å². The van der Waals surface area contributed by atoms with E-state index >= 15 is 0 Å². The van der Waals surface area contributed by atoms with Gasteiger partial charge in [-0.1, -0.05) is 19.0 Å². The number of rotatable bonds is 6. The van der Waals surface area contributed by atoms with Crippen LogP contribution in [0.1, 0.15) is 37.9 Å². The molecule has 0 atom stereocenters. The number of ether oxygens (including phenoxy) is 1. The van der Waals surface area contributed by atoms with Crippen molar-refractivity contribution in [2.45, 2.75) is 32.6 Å². The molecule has 0 saturated carbocycles. The van der Waals surface area contributed by atoms with Gasteiger partial charge in [0.05, 0.1) is 19.0 Å². The number of carbonyl (C=O) groups is 1. The van der Waals surface area contributed by atoms with Gasteiger partial charge in [0.15, 0.2) is 5.82 Å². The molecule has 2 rings (SSSR count). The summed E-state index contributed by atoms with van der Waals surface area (Å²) in [4.78, 5) is 20.1. The molecule has 2 heterocycles. The highest BCUT2D eigenvalue weighted by molar-refractivity contribution is 5.90. The molecule has 7 nitrogen and oxygen atoms in total. The van der Waals surface area contributed by atoms with Crippen LogP contribution in [0.15, 0.2) is 22.9 Å². The number of hydrogen-bond donors (Lipinski definition) is 1. The number of aryl methyl sites for hydroxylation is 1. The summed E-state index contributed by atoms with van der Waals surface area (Å²) < 4.78 is 10.0. The maximum absolute atomic E-state index is 11.8. The smallest absolute Gasteiger partial charge is 0.227 e. The summed E-state index contributed by atoms with van der Waals surface area (Å²) in [5, 5.41) is 6.60. The molecule has 21 heavy (non-hydrogen) atoms. The molecule has 0 aliphatic rings. The molecule has 1 amide bonds. The standard InChI is InChI=1S/C14H18N4O3/c1-9(2)14-17-13(21-18-14)7-5-11(19)16-10-4-6-12(20-3)15-8-10/h4,6,8-9H,5,7H2,1-3H3,(H,16,19). The second-order valence-electron chi connectivity index (χ2n) is 4.84. The van der Waals surface area contributed by atoms with E-state index in [4.69, 9.17) is 9.26 Å². The van der Waals surface area contributed by atoms with Crippen molar-refractivity contribution >= 4 is 11.6 Å². The summed E-state index contributed by atoms with van der Waals surface area (Å²) in [6.07, 6.45) is 2.22. The highest BCUT2D eigenvalue weighted by atomic mass is 16.5. The molecule has 0 radical (unpaired) electrons. The van der Waals surface area contributed by atoms with Gasteiger partial charge in [0.25, 0.3) is 0 Å². The number of anilines is 1. The minimum Gasteiger partial charge on any atom is -0.481 e. The van der Waals surface area contributed by atoms with E-state index in [1.54, 1.807) is 18.3 Å². The van der Waals surface area contributed by atoms with E-state index in [1.807, 2.05) is 13.8 Å². The molecular weight excluding hydrogens is 272 g/mol. The number of nitrogens with zero attached hydrogens (tertiary/aromatic N) is 3. The first kappa shape index (κ1) is 15.0. The van der Waals surface area contributed by atoms with Gasteiger partial charge in [-0.2, -0.15) is 4.98 Å². The van der Waals surface area contributed by atoms with Crippen molar-refractivity contribution in [1.29, 1.82) is 0 Å². The zero-order valence-corrected chi connectivity index (χ0v) is 12.3. The third-order valence-electron chi connectivity index (χ3n) is 2.80. The van der Waals surface area contributed by atoms with Crippen LogP contribution in [0, 0.1) is 0 Å². The molecule has 0 saturated heterocycles. The van der Waals surface area contributed by atoms with Gasteiger partial charge in [0.2, 0.25) is 17.7 Å². The topological polar surface area (TPSA) is 90.1 Å². The summed E-state index contributed by atoms with van der Waals surface area (Å²) >= 11 is 0. The third kappa shape index (κ3) is 4.27. The zero-order valence-electron chi connectivity index (χ0n) is 12.3. The Morgan fingerprint density at radius 1 is 1.43 bits per heavy atom. The number of amides is 1. The highest BCUT2D eigenvalue weighted by Gasteiger charge is 2.11. The van der Waals surface area contributed by atoms with Crippen molar-refractivity contribution in [2.24, 2.45) is 0 Å². The van der Waals surface area contributed by atoms with Crippen LogP contribution in [0.2, 0.25) is 0 Å². The summed E-state index contributed by atoms with van der Waals surface area (Å²) in [6, 6.07) is 3.41. The number of pyridine rings is 1. The lowest BCUT2D eigenvalue weighted by Crippen LogP contribution is -2.12. The van der Waals surface area contributed by atoms with Crippen LogP contribution in [-0.2, 0) is 11.2 Å². The molecule has 1 N–H and O–H groups in total. The van der Waals surface area contributed by atoms with Crippen molar-refractivity contribution in [3.8, 4) is 5.88 Å². The van der Waals surface area contributed by atoms with Gasteiger partial charge in [0, 0.05) is 24.8 Å². The van der Waals surface area contributed by atoms with E-state index < -0.39 is 0 Å². The maximum Gasteiger partial charge on any atom is 0.227 e. The van der Waals surface area contributed by atoms with Gasteiger partial charge in [-0.05, 0) is 6.07 Å². The summed E-state index contributed by atoms with van der Waals surface area (Å²) in [7, 11) is 1.54. The predicted octanol–water partition coefficient (Wildman–Crippen LogP) is 2.17. The largest absolute Gasteiger partial charge is 0.481 e. The van der Waals surface area contributed by atoms with Gasteiger partial charge in [-0.25, -0.2) is 4.98 Å². The second-order valence-corrected chi connectivity index (χ2v) is 4.84. The lowest BCUT2D eigenvalue weighted by molar-refractivity contribution is -0.116. The Bertz CT molecular complexity index is 593. The number of hydrogen-bond acceptors (Lipinski definition) is 6. The Balaban J connectivity index is 1.83. The van der Waals surface area contributed by atoms with E-state index in [2.05, 4.69) is 20.4 Å². The monoisotopic (exact) mass is 290 g/mol. The van der Waals surface area contributed by atoms with Crippen molar-refractivity contribution in [2.75, 3.05) is 12.4 Å². The zero-order chi connectivity index (χ0) is 15.2. The van der Waals surface area contributed by atoms with Crippen molar-refractivity contribution in [1.82, 2.24) is 15.1 Å². The van der Waals surface area contributed by atoms with Gasteiger partial charge in [-0.3, -0.25) is 4.79 Å². The Morgan fingerprint density at radius 3 is 2.81 bits per heavy atom. The Morgan fingerprint density at radius 2 is 2.24 bits per heavy atom. The fraction of sp³-hybridized carbons (Fsp3) is 0.429. The first-order chi connectivity index (χ1) is 10.1. The molecular formula is C14H18N4O3. The normalized spacial score (nSPS) is 10.7. The highest BCUT2D eigenvalue weighted by Crippen LogP contribution is 2.13. The molecule has 2 aromatic rings. The maximum atomic E-state index is 11.8. The molecule has 0 bridgehead atoms. The molecule has 0 spiro atoms. The predicted molar refractivity (Wildman–Crippen MR) is 76.1 cm³/mol. The lowest BCUT2D eigenvalue weighted by Gasteiger charge is -2.04. The summed E-state index contributed by atoms with van der Waals surface area (Å²) in [5.74, 6) is 1.71. The van der Waals surface area contributed by atoms with Crippen LogP contribution in [0.25, 0.3) is 0 Å². The summed E-state index contributed by atoms with van der Waals surface area (Å²) in [5.41, 5.74) is 0.620. The number of aromatic nitrogens is 3. The second kappa shape index (κ2) is 6.83. The number of nitrogens with one attached hydrogen (secondary N) is 1. The SMILES string of the molecule is COc1ccc(NC(=O)CCc2nc(C(C)C)no2)cn1. The molecule has 0 aromatic carbocycles. The van der Waals surface area contributed by atoms with Gasteiger partial charge in [-0.15, -0.1) is 0 Å². The van der Waals surface area contributed by atoms with Crippen molar-refractivity contribution in [3.63, 3.8) is 0 Å². The van der Waals surface area contributed by atoms with Crippen molar-refractivity contribution in [3.05, 3.63) is 30.0 Å². The molecule has 0 aliphatic carbocycles. The number of carbonyl (C=O) groups excluding carboxylic acids is 1. The Hall–Kier alpha value is -2.44. The van der Waals surface area contributed by atoms with Crippen LogP contribution in [0.3, 0.4) is 0 Å². The minimum absolute atomic E-state index is 0.133. The molecule has 0 aliphatic heterocycles. The minimum atomic E-state index is -0.133. The van der Waals surface area contributed by atoms with E-state index in [1.165, 1.54) is 7.11 Å². The average molecular weight is 290 g/mol. The Kier molecular flexibility index (Phi) is 4.86. The molecule has 0 unspecified atom stereocenters. The quantitative estimate of drug-likeness (QED) is 0.876. The first-order valence-corrected chi connectivity index (χ1v) is 6.71. The van der Waals surface area contributed by atoms with Crippen LogP contribution < -0.4 is 10.1 Å². The van der Waals surface area contributed by atoms with E-state index in [0.717, 1.165) is 0 Å². The van der Waals surface area contributed by atoms with Gasteiger partial charge >= 0.3 is 0 Å². The van der Waals surface area contributed by atoms with E-state index in [9.17, 15) is 4.79 Å². The van der Waals surface area contributed by atoms with Gasteiger partial charge in [0.1, 0.15) is 0 Å². The van der Waals surface area contributed by atoms with Crippen LogP contribution in [0.5, 0.6) is 5.88 Å². The first-order valence-electron chi connectivity index (χ1n) is 6.71. The third-order valence-corrected chi connectivity index (χ3v) is 2.80. The number of methoxy groups -OCH3 is 1. The molecule has 112 valence electrons. The van der Waals surface area contributed by atoms with E-state index in [0.29, 0.717) is 29.7 Å². The van der Waals surface area contributed by atoms with Crippen LogP contribution in [-0.4, -0.2) is 28.1 Å². The van der Waals surface area contributed by atoms with E-state index in [-0.39, 0.29) is 18.2 Å². The molecule has 0 fully saturated rings. The fourth-order valence-electron chi connectivity index (χ4n) is 1.62. The van der Waals surface area contributed by atoms with Crippen LogP contribution >= 0.6 is 0 Å². The van der Waals surface area contributed by atoms with Gasteiger partial charge < -0.3 is 14.6 Å². The molecule has 2 aromatic heterocycles. The molecule has 7 heteroatoms. The average Bonchev–Trinajstić information content (AvgIpc) is 2.95. The fourth-order valence-corrected chi connectivity index (χ4v) is 1.62.